The third-order valence-corrected chi connectivity index (χ3v) is 5.96. The summed E-state index contributed by atoms with van der Waals surface area (Å²) in [6.07, 6.45) is 13.3. The maximum absolute atomic E-state index is 3.78. The van der Waals surface area contributed by atoms with Crippen molar-refractivity contribution in [1.29, 1.82) is 0 Å². The van der Waals surface area contributed by atoms with Crippen molar-refractivity contribution >= 4 is 11.8 Å². The first-order chi connectivity index (χ1) is 8.40. The highest BCUT2D eigenvalue weighted by Gasteiger charge is 2.26. The fraction of sp³-hybridized carbons (Fsp3) is 1.00. The van der Waals surface area contributed by atoms with Gasteiger partial charge in [0.2, 0.25) is 0 Å². The summed E-state index contributed by atoms with van der Waals surface area (Å²) in [5.41, 5.74) is 0. The Morgan fingerprint density at radius 3 is 2.47 bits per heavy atom. The molecule has 100 valence electrons. The Morgan fingerprint density at radius 1 is 1.06 bits per heavy atom. The van der Waals surface area contributed by atoms with Gasteiger partial charge in [-0.25, -0.2) is 0 Å². The predicted octanol–water partition coefficient (Wildman–Crippen LogP) is 4.22. The van der Waals surface area contributed by atoms with Crippen molar-refractivity contribution in [2.24, 2.45) is 5.92 Å². The van der Waals surface area contributed by atoms with Crippen molar-refractivity contribution in [1.82, 2.24) is 5.32 Å². The molecule has 2 rings (SSSR count). The zero-order valence-electron chi connectivity index (χ0n) is 11.4. The first-order valence-corrected chi connectivity index (χ1v) is 8.80. The summed E-state index contributed by atoms with van der Waals surface area (Å²) >= 11 is 2.24. The molecule has 1 saturated heterocycles. The predicted molar refractivity (Wildman–Crippen MR) is 78.8 cm³/mol. The van der Waals surface area contributed by atoms with Gasteiger partial charge in [-0.3, -0.25) is 0 Å². The van der Waals surface area contributed by atoms with E-state index in [1.54, 1.807) is 0 Å². The summed E-state index contributed by atoms with van der Waals surface area (Å²) in [4.78, 5) is 0. The van der Waals surface area contributed by atoms with Gasteiger partial charge < -0.3 is 5.32 Å². The molecule has 1 saturated carbocycles. The molecule has 2 atom stereocenters. The molecule has 0 aromatic heterocycles. The minimum absolute atomic E-state index is 0.799. The maximum Gasteiger partial charge on any atom is 0.0201 e. The smallest absolute Gasteiger partial charge is 0.0201 e. The van der Waals surface area contributed by atoms with E-state index < -0.39 is 0 Å². The van der Waals surface area contributed by atoms with Crippen LogP contribution in [0.15, 0.2) is 0 Å². The molecule has 2 unspecified atom stereocenters. The summed E-state index contributed by atoms with van der Waals surface area (Å²) in [5, 5.41) is 4.69. The largest absolute Gasteiger partial charge is 0.313 e. The van der Waals surface area contributed by atoms with E-state index in [-0.39, 0.29) is 0 Å². The lowest BCUT2D eigenvalue weighted by Crippen LogP contribution is -2.41. The van der Waals surface area contributed by atoms with E-state index in [9.17, 15) is 0 Å². The number of rotatable bonds is 5. The van der Waals surface area contributed by atoms with Crippen LogP contribution in [0.4, 0.5) is 0 Å². The van der Waals surface area contributed by atoms with Gasteiger partial charge in [0.05, 0.1) is 0 Å². The van der Waals surface area contributed by atoms with Crippen LogP contribution in [0.25, 0.3) is 0 Å². The molecular weight excluding hydrogens is 226 g/mol. The van der Waals surface area contributed by atoms with Gasteiger partial charge in [-0.2, -0.15) is 11.8 Å². The van der Waals surface area contributed by atoms with Crippen molar-refractivity contribution in [2.45, 2.75) is 76.0 Å². The van der Waals surface area contributed by atoms with Crippen LogP contribution in [0.1, 0.15) is 64.7 Å². The lowest BCUT2D eigenvalue weighted by Gasteiger charge is -2.34. The summed E-state index contributed by atoms with van der Waals surface area (Å²) in [7, 11) is 0. The van der Waals surface area contributed by atoms with Crippen LogP contribution in [-0.4, -0.2) is 23.6 Å². The third-order valence-electron chi connectivity index (χ3n) is 4.44. The quantitative estimate of drug-likeness (QED) is 0.789. The highest BCUT2D eigenvalue weighted by atomic mass is 32.2. The standard InChI is InChI=1S/C15H29NS/c1-2-16-14(15-10-6-7-11-17-15)12-13-8-4-3-5-9-13/h13-16H,2-12H2,1H3. The van der Waals surface area contributed by atoms with Crippen molar-refractivity contribution in [3.63, 3.8) is 0 Å². The summed E-state index contributed by atoms with van der Waals surface area (Å²) in [6.45, 7) is 3.41. The van der Waals surface area contributed by atoms with Gasteiger partial charge in [-0.05, 0) is 37.5 Å². The van der Waals surface area contributed by atoms with Crippen molar-refractivity contribution in [3.8, 4) is 0 Å². The summed E-state index contributed by atoms with van der Waals surface area (Å²) in [6, 6.07) is 0.799. The molecule has 1 nitrogen and oxygen atoms in total. The number of nitrogens with one attached hydrogen (secondary N) is 1. The van der Waals surface area contributed by atoms with Gasteiger partial charge in [-0.1, -0.05) is 45.4 Å². The summed E-state index contributed by atoms with van der Waals surface area (Å²) in [5.74, 6) is 2.42. The lowest BCUT2D eigenvalue weighted by atomic mass is 9.83. The van der Waals surface area contributed by atoms with Crippen LogP contribution in [0, 0.1) is 5.92 Å². The van der Waals surface area contributed by atoms with Crippen LogP contribution in [0.3, 0.4) is 0 Å². The van der Waals surface area contributed by atoms with Crippen molar-refractivity contribution in [3.05, 3.63) is 0 Å². The monoisotopic (exact) mass is 255 g/mol. The van der Waals surface area contributed by atoms with Gasteiger partial charge in [-0.15, -0.1) is 0 Å². The second kappa shape index (κ2) is 7.68. The van der Waals surface area contributed by atoms with E-state index in [1.807, 2.05) is 0 Å². The van der Waals surface area contributed by atoms with Gasteiger partial charge >= 0.3 is 0 Å². The van der Waals surface area contributed by atoms with Crippen molar-refractivity contribution in [2.75, 3.05) is 12.3 Å². The number of hydrogen-bond acceptors (Lipinski definition) is 2. The Labute approximate surface area is 112 Å². The lowest BCUT2D eigenvalue weighted by molar-refractivity contribution is 0.292. The molecular formula is C15H29NS. The van der Waals surface area contributed by atoms with Gasteiger partial charge in [0.1, 0.15) is 0 Å². The number of hydrogen-bond donors (Lipinski definition) is 1. The van der Waals surface area contributed by atoms with Crippen LogP contribution < -0.4 is 5.32 Å². The summed E-state index contributed by atoms with van der Waals surface area (Å²) < 4.78 is 0. The molecule has 2 heteroatoms. The Kier molecular flexibility index (Phi) is 6.21. The molecule has 1 aliphatic heterocycles. The average Bonchev–Trinajstić information content (AvgIpc) is 2.40. The highest BCUT2D eigenvalue weighted by molar-refractivity contribution is 8.00. The Balaban J connectivity index is 1.81. The van der Waals surface area contributed by atoms with Gasteiger partial charge in [0.25, 0.3) is 0 Å². The first-order valence-electron chi connectivity index (χ1n) is 7.75. The second-order valence-corrected chi connectivity index (χ2v) is 7.16. The van der Waals surface area contributed by atoms with E-state index in [2.05, 4.69) is 24.0 Å². The van der Waals surface area contributed by atoms with E-state index in [0.29, 0.717) is 0 Å². The highest BCUT2D eigenvalue weighted by Crippen LogP contribution is 2.33. The second-order valence-electron chi connectivity index (χ2n) is 5.81. The van der Waals surface area contributed by atoms with Crippen LogP contribution >= 0.6 is 11.8 Å². The zero-order valence-corrected chi connectivity index (χ0v) is 12.2. The molecule has 1 aliphatic carbocycles. The molecule has 2 aliphatic rings. The van der Waals surface area contributed by atoms with Gasteiger partial charge in [0, 0.05) is 11.3 Å². The van der Waals surface area contributed by atoms with E-state index in [4.69, 9.17) is 0 Å². The SMILES string of the molecule is CCNC(CC1CCCCC1)C1CCCCS1. The molecule has 1 heterocycles. The molecule has 0 aromatic rings. The molecule has 0 spiro atoms. The topological polar surface area (TPSA) is 12.0 Å². The molecule has 0 amide bonds. The first kappa shape index (κ1) is 13.7. The average molecular weight is 255 g/mol. The van der Waals surface area contributed by atoms with Crippen LogP contribution in [-0.2, 0) is 0 Å². The van der Waals surface area contributed by atoms with Crippen molar-refractivity contribution < 1.29 is 0 Å². The minimum Gasteiger partial charge on any atom is -0.313 e. The zero-order chi connectivity index (χ0) is 11.9. The number of thioether (sulfide) groups is 1. The molecule has 17 heavy (non-hydrogen) atoms. The van der Waals surface area contributed by atoms with Crippen LogP contribution in [0.2, 0.25) is 0 Å². The molecule has 0 aromatic carbocycles. The Hall–Kier alpha value is 0.310. The van der Waals surface area contributed by atoms with Gasteiger partial charge in [0.15, 0.2) is 0 Å². The fourth-order valence-electron chi connectivity index (χ4n) is 3.49. The molecule has 2 fully saturated rings. The van der Waals surface area contributed by atoms with Crippen LogP contribution in [0.5, 0.6) is 0 Å². The Bertz CT molecular complexity index is 195. The minimum atomic E-state index is 0.799. The Morgan fingerprint density at radius 2 is 1.82 bits per heavy atom. The van der Waals surface area contributed by atoms with E-state index >= 15 is 0 Å². The third kappa shape index (κ3) is 4.48. The fourth-order valence-corrected chi connectivity index (χ4v) is 4.94. The maximum atomic E-state index is 3.78. The normalized spacial score (nSPS) is 29.1. The molecule has 0 radical (unpaired) electrons. The molecule has 0 bridgehead atoms. The van der Waals surface area contributed by atoms with E-state index in [1.165, 1.54) is 63.5 Å². The molecule has 1 N–H and O–H groups in total. The van der Waals surface area contributed by atoms with E-state index in [0.717, 1.165) is 23.8 Å².